The first-order chi connectivity index (χ1) is 9.93. The van der Waals surface area contributed by atoms with Crippen LogP contribution < -0.4 is 5.73 Å². The van der Waals surface area contributed by atoms with Gasteiger partial charge in [0, 0.05) is 18.7 Å². The second-order valence-electron chi connectivity index (χ2n) is 5.27. The Morgan fingerprint density at radius 1 is 1.62 bits per heavy atom. The first-order valence-electron chi connectivity index (χ1n) is 6.75. The van der Waals surface area contributed by atoms with Crippen molar-refractivity contribution in [2.24, 2.45) is 11.7 Å². The van der Waals surface area contributed by atoms with E-state index in [0.717, 1.165) is 19.0 Å². The van der Waals surface area contributed by atoms with Crippen LogP contribution in [-0.4, -0.2) is 39.8 Å². The van der Waals surface area contributed by atoms with Crippen LogP contribution in [0.1, 0.15) is 30.1 Å². The minimum absolute atomic E-state index is 0.0207. The van der Waals surface area contributed by atoms with Crippen molar-refractivity contribution in [1.29, 1.82) is 0 Å². The molecule has 0 spiro atoms. The first-order valence-corrected chi connectivity index (χ1v) is 7.12. The number of nitrogens with zero attached hydrogens (tertiary/aromatic N) is 3. The number of hydrogen-bond donors (Lipinski definition) is 1. The predicted molar refractivity (Wildman–Crippen MR) is 78.2 cm³/mol. The van der Waals surface area contributed by atoms with E-state index in [9.17, 15) is 14.9 Å². The molecule has 1 fully saturated rings. The predicted octanol–water partition coefficient (Wildman–Crippen LogP) is 1.84. The van der Waals surface area contributed by atoms with Gasteiger partial charge in [0.2, 0.25) is 0 Å². The van der Waals surface area contributed by atoms with Crippen LogP contribution in [0.15, 0.2) is 12.3 Å². The monoisotopic (exact) mass is 312 g/mol. The number of amides is 1. The van der Waals surface area contributed by atoms with Crippen LogP contribution >= 0.6 is 11.6 Å². The van der Waals surface area contributed by atoms with Crippen molar-refractivity contribution in [1.82, 2.24) is 9.88 Å². The molecule has 1 aromatic heterocycles. The van der Waals surface area contributed by atoms with Gasteiger partial charge in [-0.3, -0.25) is 14.9 Å². The third-order valence-corrected chi connectivity index (χ3v) is 4.14. The average molecular weight is 313 g/mol. The highest BCUT2D eigenvalue weighted by molar-refractivity contribution is 6.32. The van der Waals surface area contributed by atoms with Gasteiger partial charge in [0.05, 0.1) is 10.5 Å². The Bertz CT molecular complexity index is 566. The fourth-order valence-corrected chi connectivity index (χ4v) is 2.68. The minimum Gasteiger partial charge on any atom is -0.336 e. The number of nitrogens with two attached hydrogens (primary N) is 1. The lowest BCUT2D eigenvalue weighted by Crippen LogP contribution is -2.47. The molecule has 0 bridgehead atoms. The van der Waals surface area contributed by atoms with Crippen LogP contribution in [0.25, 0.3) is 0 Å². The van der Waals surface area contributed by atoms with E-state index in [1.54, 1.807) is 4.90 Å². The molecule has 0 aliphatic carbocycles. The minimum atomic E-state index is -0.595. The van der Waals surface area contributed by atoms with Gasteiger partial charge in [-0.05, 0) is 32.2 Å². The molecule has 2 N–H and O–H groups in total. The van der Waals surface area contributed by atoms with Gasteiger partial charge in [-0.25, -0.2) is 4.98 Å². The third-order valence-electron chi connectivity index (χ3n) is 3.84. The smallest absolute Gasteiger partial charge is 0.288 e. The van der Waals surface area contributed by atoms with Crippen LogP contribution in [0, 0.1) is 16.0 Å². The van der Waals surface area contributed by atoms with Gasteiger partial charge in [0.15, 0.2) is 0 Å². The molecular formula is C13H17ClN4O3. The second-order valence-corrected chi connectivity index (χ2v) is 5.63. The maximum absolute atomic E-state index is 12.6. The summed E-state index contributed by atoms with van der Waals surface area (Å²) in [5, 5.41) is 10.8. The normalized spacial score (nSPS) is 22.1. The molecule has 2 rings (SSSR count). The van der Waals surface area contributed by atoms with Crippen LogP contribution in [0.4, 0.5) is 5.69 Å². The van der Waals surface area contributed by atoms with Gasteiger partial charge in [-0.15, -0.1) is 0 Å². The number of likely N-dealkylation sites (tertiary alicyclic amines) is 1. The highest BCUT2D eigenvalue weighted by Crippen LogP contribution is 2.26. The molecule has 1 aliphatic heterocycles. The van der Waals surface area contributed by atoms with Gasteiger partial charge in [0.1, 0.15) is 11.3 Å². The summed E-state index contributed by atoms with van der Waals surface area (Å²) in [4.78, 5) is 28.2. The molecule has 0 saturated carbocycles. The van der Waals surface area contributed by atoms with Crippen LogP contribution in [0.5, 0.6) is 0 Å². The van der Waals surface area contributed by atoms with Gasteiger partial charge in [-0.1, -0.05) is 11.6 Å². The van der Waals surface area contributed by atoms with Crippen LogP contribution in [0.3, 0.4) is 0 Å². The van der Waals surface area contributed by atoms with Crippen molar-refractivity contribution in [2.45, 2.75) is 25.8 Å². The number of carbonyl (C=O) groups excluding carboxylic acids is 1. The van der Waals surface area contributed by atoms with E-state index in [1.165, 1.54) is 6.07 Å². The largest absolute Gasteiger partial charge is 0.336 e. The number of piperidine rings is 1. The maximum atomic E-state index is 12.6. The lowest BCUT2D eigenvalue weighted by molar-refractivity contribution is -0.385. The number of rotatable bonds is 3. The number of aromatic nitrogens is 1. The van der Waals surface area contributed by atoms with Crippen molar-refractivity contribution in [3.63, 3.8) is 0 Å². The Hall–Kier alpha value is -1.73. The Morgan fingerprint density at radius 2 is 2.33 bits per heavy atom. The molecule has 2 unspecified atom stereocenters. The lowest BCUT2D eigenvalue weighted by atomic mass is 9.93. The van der Waals surface area contributed by atoms with Crippen molar-refractivity contribution < 1.29 is 9.72 Å². The maximum Gasteiger partial charge on any atom is 0.288 e. The Kier molecular flexibility index (Phi) is 4.74. The molecule has 21 heavy (non-hydrogen) atoms. The van der Waals surface area contributed by atoms with Gasteiger partial charge < -0.3 is 10.6 Å². The quantitative estimate of drug-likeness (QED) is 0.521. The highest BCUT2D eigenvalue weighted by atomic mass is 35.5. The van der Waals surface area contributed by atoms with E-state index in [4.69, 9.17) is 17.3 Å². The summed E-state index contributed by atoms with van der Waals surface area (Å²) in [6.45, 7) is 3.00. The molecule has 2 heterocycles. The molecule has 0 radical (unpaired) electrons. The number of halogens is 1. The Morgan fingerprint density at radius 3 is 2.95 bits per heavy atom. The molecule has 1 saturated heterocycles. The third kappa shape index (κ3) is 3.30. The molecule has 1 aliphatic rings. The van der Waals surface area contributed by atoms with E-state index < -0.39 is 4.92 Å². The molecule has 2 atom stereocenters. The summed E-state index contributed by atoms with van der Waals surface area (Å²) in [6.07, 6.45) is 2.87. The molecule has 7 nitrogen and oxygen atoms in total. The van der Waals surface area contributed by atoms with Crippen molar-refractivity contribution >= 4 is 23.2 Å². The fourth-order valence-electron chi connectivity index (χ4n) is 2.50. The number of nitro groups is 1. The standard InChI is InChI=1S/C13H17ClN4O3/c1-8-2-3-9(5-15)7-17(8)13(19)11-4-10(18(20)21)6-16-12(11)14/h4,6,8-9H,2-3,5,7,15H2,1H3. The topological polar surface area (TPSA) is 102 Å². The molecular weight excluding hydrogens is 296 g/mol. The summed E-state index contributed by atoms with van der Waals surface area (Å²) in [5.41, 5.74) is 5.50. The number of carbonyl (C=O) groups is 1. The van der Waals surface area contributed by atoms with Crippen LogP contribution in [-0.2, 0) is 0 Å². The summed E-state index contributed by atoms with van der Waals surface area (Å²) in [6, 6.07) is 1.23. The van der Waals surface area contributed by atoms with Crippen LogP contribution in [0.2, 0.25) is 5.15 Å². The Balaban J connectivity index is 2.30. The Labute approximate surface area is 127 Å². The van der Waals surface area contributed by atoms with E-state index in [0.29, 0.717) is 13.1 Å². The zero-order valence-corrected chi connectivity index (χ0v) is 12.4. The molecule has 1 amide bonds. The van der Waals surface area contributed by atoms with E-state index in [2.05, 4.69) is 4.98 Å². The summed E-state index contributed by atoms with van der Waals surface area (Å²) >= 11 is 5.93. The van der Waals surface area contributed by atoms with Crippen molar-refractivity contribution in [2.75, 3.05) is 13.1 Å². The van der Waals surface area contributed by atoms with E-state index >= 15 is 0 Å². The van der Waals surface area contributed by atoms with Crippen molar-refractivity contribution in [3.8, 4) is 0 Å². The summed E-state index contributed by atoms with van der Waals surface area (Å²) in [7, 11) is 0. The van der Waals surface area contributed by atoms with Gasteiger partial charge >= 0.3 is 0 Å². The SMILES string of the molecule is CC1CCC(CN)CN1C(=O)c1cc([N+](=O)[O-])cnc1Cl. The molecule has 1 aromatic rings. The van der Waals surface area contributed by atoms with Gasteiger partial charge in [-0.2, -0.15) is 0 Å². The second kappa shape index (κ2) is 6.36. The average Bonchev–Trinajstić information content (AvgIpc) is 2.47. The number of pyridine rings is 1. The van der Waals surface area contributed by atoms with Gasteiger partial charge in [0.25, 0.3) is 11.6 Å². The lowest BCUT2D eigenvalue weighted by Gasteiger charge is -2.37. The first kappa shape index (κ1) is 15.7. The zero-order valence-electron chi connectivity index (χ0n) is 11.7. The zero-order chi connectivity index (χ0) is 15.6. The summed E-state index contributed by atoms with van der Waals surface area (Å²) in [5.74, 6) is -0.0857. The van der Waals surface area contributed by atoms with Crippen molar-refractivity contribution in [3.05, 3.63) is 33.1 Å². The molecule has 114 valence electrons. The van der Waals surface area contributed by atoms with E-state index in [-0.39, 0.29) is 34.3 Å². The fraction of sp³-hybridized carbons (Fsp3) is 0.538. The summed E-state index contributed by atoms with van der Waals surface area (Å²) < 4.78 is 0. The number of hydrogen-bond acceptors (Lipinski definition) is 5. The highest BCUT2D eigenvalue weighted by Gasteiger charge is 2.31. The molecule has 0 aromatic carbocycles. The molecule has 8 heteroatoms. The van der Waals surface area contributed by atoms with E-state index in [1.807, 2.05) is 6.92 Å².